The van der Waals surface area contributed by atoms with E-state index in [9.17, 15) is 13.2 Å². The first kappa shape index (κ1) is 21.6. The molecule has 0 spiro atoms. The highest BCUT2D eigenvalue weighted by atomic mass is 19.4. The molecule has 0 atom stereocenters. The smallest absolute Gasteiger partial charge is 0.364 e. The van der Waals surface area contributed by atoms with Gasteiger partial charge in [-0.25, -0.2) is 15.0 Å². The maximum Gasteiger partial charge on any atom is 0.416 e. The minimum Gasteiger partial charge on any atom is -0.364 e. The molecule has 34 heavy (non-hydrogen) atoms. The van der Waals surface area contributed by atoms with Gasteiger partial charge in [-0.05, 0) is 29.3 Å². The fourth-order valence-electron chi connectivity index (χ4n) is 3.58. The lowest BCUT2D eigenvalue weighted by Crippen LogP contribution is -2.07. The van der Waals surface area contributed by atoms with E-state index in [4.69, 9.17) is 9.97 Å². The number of pyridine rings is 1. The van der Waals surface area contributed by atoms with Crippen molar-refractivity contribution in [3.05, 3.63) is 102 Å². The Hall–Kier alpha value is -4.27. The largest absolute Gasteiger partial charge is 0.416 e. The summed E-state index contributed by atoms with van der Waals surface area (Å²) in [5.41, 5.74) is 3.02. The van der Waals surface area contributed by atoms with Crippen LogP contribution in [0, 0.1) is 0 Å². The number of halogens is 3. The molecule has 0 bridgehead atoms. The van der Waals surface area contributed by atoms with Crippen LogP contribution >= 0.6 is 0 Å². The van der Waals surface area contributed by atoms with Crippen molar-refractivity contribution >= 4 is 17.0 Å². The summed E-state index contributed by atoms with van der Waals surface area (Å²) >= 11 is 0. The van der Waals surface area contributed by atoms with E-state index in [0.29, 0.717) is 41.5 Å². The van der Waals surface area contributed by atoms with Gasteiger partial charge >= 0.3 is 6.18 Å². The van der Waals surface area contributed by atoms with Crippen LogP contribution in [0.4, 0.5) is 19.0 Å². The lowest BCUT2D eigenvalue weighted by atomic mass is 10.1. The molecule has 170 valence electrons. The Morgan fingerprint density at radius 3 is 2.35 bits per heavy atom. The number of imidazole rings is 1. The second-order valence-electron chi connectivity index (χ2n) is 7.72. The first-order chi connectivity index (χ1) is 16.5. The third-order valence-electron chi connectivity index (χ3n) is 5.31. The number of anilines is 1. The molecule has 2 aromatic carbocycles. The van der Waals surface area contributed by atoms with Gasteiger partial charge in [0.05, 0.1) is 18.4 Å². The molecule has 0 saturated carbocycles. The highest BCUT2D eigenvalue weighted by molar-refractivity contribution is 5.85. The number of alkyl halides is 3. The standard InChI is InChI=1S/C25H19F3N6/c26-25(27,28)20-10-8-17(9-11-20)15-34-16-31-21-23(30-14-18-5-4-12-29-13-18)32-22(33-24(21)34)19-6-2-1-3-7-19/h1-13,16H,14-15H2,(H,30,32,33). The normalized spacial score (nSPS) is 11.6. The molecule has 3 aromatic heterocycles. The Morgan fingerprint density at radius 2 is 1.65 bits per heavy atom. The average molecular weight is 460 g/mol. The third kappa shape index (κ3) is 4.59. The van der Waals surface area contributed by atoms with Crippen molar-refractivity contribution in [2.75, 3.05) is 5.32 Å². The molecular weight excluding hydrogens is 441 g/mol. The van der Waals surface area contributed by atoms with Gasteiger partial charge in [-0.2, -0.15) is 13.2 Å². The molecule has 6 nitrogen and oxygen atoms in total. The van der Waals surface area contributed by atoms with Crippen LogP contribution in [0.1, 0.15) is 16.7 Å². The van der Waals surface area contributed by atoms with E-state index < -0.39 is 11.7 Å². The SMILES string of the molecule is FC(F)(F)c1ccc(Cn2cnc3c(NCc4cccnc4)nc(-c4ccccc4)nc32)cc1. The highest BCUT2D eigenvalue weighted by Gasteiger charge is 2.30. The van der Waals surface area contributed by atoms with Gasteiger partial charge in [0.2, 0.25) is 0 Å². The van der Waals surface area contributed by atoms with Gasteiger partial charge < -0.3 is 9.88 Å². The molecule has 0 aliphatic heterocycles. The molecule has 1 N–H and O–H groups in total. The summed E-state index contributed by atoms with van der Waals surface area (Å²) in [5.74, 6) is 1.09. The zero-order chi connectivity index (χ0) is 23.5. The Balaban J connectivity index is 1.52. The maximum atomic E-state index is 12.9. The zero-order valence-electron chi connectivity index (χ0n) is 17.9. The van der Waals surface area contributed by atoms with Crippen molar-refractivity contribution in [3.8, 4) is 11.4 Å². The topological polar surface area (TPSA) is 68.5 Å². The Kier molecular flexibility index (Phi) is 5.67. The van der Waals surface area contributed by atoms with Crippen molar-refractivity contribution in [1.82, 2.24) is 24.5 Å². The number of benzene rings is 2. The molecule has 0 aliphatic rings. The van der Waals surface area contributed by atoms with Crippen LogP contribution in [0.25, 0.3) is 22.6 Å². The molecule has 9 heteroatoms. The number of aromatic nitrogens is 5. The summed E-state index contributed by atoms with van der Waals surface area (Å²) in [6.07, 6.45) is 0.740. The van der Waals surface area contributed by atoms with Gasteiger partial charge in [-0.15, -0.1) is 0 Å². The van der Waals surface area contributed by atoms with Gasteiger partial charge in [-0.3, -0.25) is 4.98 Å². The third-order valence-corrected chi connectivity index (χ3v) is 5.31. The maximum absolute atomic E-state index is 12.9. The van der Waals surface area contributed by atoms with Crippen LogP contribution in [0.3, 0.4) is 0 Å². The van der Waals surface area contributed by atoms with Crippen molar-refractivity contribution in [1.29, 1.82) is 0 Å². The molecule has 3 heterocycles. The van der Waals surface area contributed by atoms with E-state index in [1.165, 1.54) is 12.1 Å². The fraction of sp³-hybridized carbons (Fsp3) is 0.120. The molecule has 5 rings (SSSR count). The minimum atomic E-state index is -4.37. The van der Waals surface area contributed by atoms with E-state index in [2.05, 4.69) is 15.3 Å². The summed E-state index contributed by atoms with van der Waals surface area (Å²) in [7, 11) is 0. The summed E-state index contributed by atoms with van der Waals surface area (Å²) in [6, 6.07) is 18.5. The van der Waals surface area contributed by atoms with Crippen molar-refractivity contribution in [3.63, 3.8) is 0 Å². The summed E-state index contributed by atoms with van der Waals surface area (Å²) in [6.45, 7) is 0.821. The predicted molar refractivity (Wildman–Crippen MR) is 123 cm³/mol. The van der Waals surface area contributed by atoms with Crippen molar-refractivity contribution in [2.24, 2.45) is 0 Å². The van der Waals surface area contributed by atoms with E-state index >= 15 is 0 Å². The summed E-state index contributed by atoms with van der Waals surface area (Å²) in [4.78, 5) is 18.1. The molecule has 0 amide bonds. The predicted octanol–water partition coefficient (Wildman–Crippen LogP) is 5.57. The van der Waals surface area contributed by atoms with Gasteiger partial charge in [0.15, 0.2) is 17.3 Å². The number of fused-ring (bicyclic) bond motifs is 1. The van der Waals surface area contributed by atoms with Crippen LogP contribution in [-0.2, 0) is 19.3 Å². The van der Waals surface area contributed by atoms with E-state index in [-0.39, 0.29) is 0 Å². The van der Waals surface area contributed by atoms with Crippen LogP contribution in [-0.4, -0.2) is 24.5 Å². The molecule has 0 unspecified atom stereocenters. The van der Waals surface area contributed by atoms with Crippen LogP contribution in [0.15, 0.2) is 85.5 Å². The van der Waals surface area contributed by atoms with Crippen molar-refractivity contribution < 1.29 is 13.2 Å². The number of hydrogen-bond acceptors (Lipinski definition) is 5. The zero-order valence-corrected chi connectivity index (χ0v) is 17.9. The van der Waals surface area contributed by atoms with Gasteiger partial charge in [0.1, 0.15) is 5.52 Å². The van der Waals surface area contributed by atoms with Gasteiger partial charge in [0.25, 0.3) is 0 Å². The number of hydrogen-bond donors (Lipinski definition) is 1. The number of nitrogens with one attached hydrogen (secondary N) is 1. The molecule has 0 aliphatic carbocycles. The Morgan fingerprint density at radius 1 is 0.853 bits per heavy atom. The minimum absolute atomic E-state index is 0.321. The van der Waals surface area contributed by atoms with Crippen LogP contribution in [0.2, 0.25) is 0 Å². The summed E-state index contributed by atoms with van der Waals surface area (Å²) in [5, 5.41) is 3.32. The van der Waals surface area contributed by atoms with E-state index in [1.807, 2.05) is 42.5 Å². The first-order valence-corrected chi connectivity index (χ1v) is 10.5. The lowest BCUT2D eigenvalue weighted by Gasteiger charge is -2.11. The van der Waals surface area contributed by atoms with Crippen LogP contribution in [0.5, 0.6) is 0 Å². The highest BCUT2D eigenvalue weighted by Crippen LogP contribution is 2.30. The van der Waals surface area contributed by atoms with Gasteiger partial charge in [-0.1, -0.05) is 48.5 Å². The quantitative estimate of drug-likeness (QED) is 0.359. The number of nitrogens with zero attached hydrogens (tertiary/aromatic N) is 5. The number of rotatable bonds is 6. The van der Waals surface area contributed by atoms with E-state index in [1.54, 1.807) is 23.3 Å². The second kappa shape index (κ2) is 8.93. The second-order valence-corrected chi connectivity index (χ2v) is 7.72. The molecular formula is C25H19F3N6. The Labute approximate surface area is 193 Å². The lowest BCUT2D eigenvalue weighted by molar-refractivity contribution is -0.137. The van der Waals surface area contributed by atoms with E-state index in [0.717, 1.165) is 23.3 Å². The van der Waals surface area contributed by atoms with Crippen molar-refractivity contribution in [2.45, 2.75) is 19.3 Å². The Bertz CT molecular complexity index is 1400. The average Bonchev–Trinajstić information content (AvgIpc) is 3.26. The molecule has 0 saturated heterocycles. The van der Waals surface area contributed by atoms with Crippen LogP contribution < -0.4 is 5.32 Å². The molecule has 5 aromatic rings. The monoisotopic (exact) mass is 460 g/mol. The van der Waals surface area contributed by atoms with Gasteiger partial charge in [0, 0.05) is 24.5 Å². The fourth-order valence-corrected chi connectivity index (χ4v) is 3.58. The molecule has 0 radical (unpaired) electrons. The molecule has 0 fully saturated rings. The summed E-state index contributed by atoms with van der Waals surface area (Å²) < 4.78 is 40.5. The first-order valence-electron chi connectivity index (χ1n) is 10.5.